The number of pyridine rings is 1. The van der Waals surface area contributed by atoms with Crippen LogP contribution in [-0.4, -0.2) is 32.0 Å². The van der Waals surface area contributed by atoms with E-state index in [0.717, 1.165) is 33.9 Å². The van der Waals surface area contributed by atoms with Crippen molar-refractivity contribution < 1.29 is 9.18 Å². The van der Waals surface area contributed by atoms with E-state index in [0.29, 0.717) is 22.4 Å². The van der Waals surface area contributed by atoms with Crippen molar-refractivity contribution in [3.8, 4) is 5.69 Å². The summed E-state index contributed by atoms with van der Waals surface area (Å²) in [4.78, 5) is 19.5. The second-order valence-corrected chi connectivity index (χ2v) is 10.5. The molecule has 39 heavy (non-hydrogen) atoms. The predicted octanol–water partition coefficient (Wildman–Crippen LogP) is 6.59. The summed E-state index contributed by atoms with van der Waals surface area (Å²) in [6, 6.07) is 19.2. The highest BCUT2D eigenvalue weighted by Crippen LogP contribution is 2.41. The van der Waals surface area contributed by atoms with Gasteiger partial charge in [-0.3, -0.25) is 9.78 Å². The Balaban J connectivity index is 1.48. The first kappa shape index (κ1) is 26.8. The predicted molar refractivity (Wildman–Crippen MR) is 157 cm³/mol. The Morgan fingerprint density at radius 2 is 1.87 bits per heavy atom. The van der Waals surface area contributed by atoms with Crippen molar-refractivity contribution in [2.24, 2.45) is 0 Å². The molecule has 6 nitrogen and oxygen atoms in total. The molecule has 2 N–H and O–H groups in total. The van der Waals surface area contributed by atoms with Crippen LogP contribution in [-0.2, 0) is 4.79 Å². The van der Waals surface area contributed by atoms with Crippen LogP contribution < -0.4 is 10.6 Å². The van der Waals surface area contributed by atoms with Gasteiger partial charge in [-0.05, 0) is 98.7 Å². The van der Waals surface area contributed by atoms with Gasteiger partial charge in [-0.25, -0.2) is 4.39 Å². The molecule has 1 saturated heterocycles. The number of benzene rings is 2. The third-order valence-electron chi connectivity index (χ3n) is 7.11. The van der Waals surface area contributed by atoms with Crippen LogP contribution in [0.15, 0.2) is 72.9 Å². The van der Waals surface area contributed by atoms with E-state index in [1.54, 1.807) is 18.3 Å². The lowest BCUT2D eigenvalue weighted by Crippen LogP contribution is -2.32. The summed E-state index contributed by atoms with van der Waals surface area (Å²) in [5.74, 6) is -0.528. The van der Waals surface area contributed by atoms with E-state index in [4.69, 9.17) is 23.8 Å². The van der Waals surface area contributed by atoms with Gasteiger partial charge in [0.15, 0.2) is 5.11 Å². The molecule has 1 aliphatic heterocycles. The summed E-state index contributed by atoms with van der Waals surface area (Å²) in [5, 5.41) is 7.53. The SMILES string of the molecule is Cc1ccc(Cl)cc1-n1c(C)cc(C2C(c3ccccn3)NC(=S)N2CCC(=O)Nc2ccc(F)cc2)c1C. The van der Waals surface area contributed by atoms with Crippen LogP contribution in [0.1, 0.15) is 46.7 Å². The molecule has 2 aromatic carbocycles. The number of halogens is 2. The van der Waals surface area contributed by atoms with E-state index in [-0.39, 0.29) is 30.2 Å². The molecule has 0 spiro atoms. The summed E-state index contributed by atoms with van der Waals surface area (Å²) in [6.45, 7) is 6.64. The third kappa shape index (κ3) is 5.53. The third-order valence-corrected chi connectivity index (χ3v) is 7.69. The number of rotatable bonds is 7. The molecule has 5 rings (SSSR count). The maximum absolute atomic E-state index is 13.3. The van der Waals surface area contributed by atoms with Crippen molar-refractivity contribution in [2.75, 3.05) is 11.9 Å². The maximum atomic E-state index is 13.3. The Bertz CT molecular complexity index is 1520. The van der Waals surface area contributed by atoms with Crippen LogP contribution in [0.3, 0.4) is 0 Å². The fourth-order valence-electron chi connectivity index (χ4n) is 5.24. The number of hydrogen-bond acceptors (Lipinski definition) is 3. The second-order valence-electron chi connectivity index (χ2n) is 9.72. The summed E-state index contributed by atoms with van der Waals surface area (Å²) in [6.07, 6.45) is 1.98. The largest absolute Gasteiger partial charge is 0.352 e. The maximum Gasteiger partial charge on any atom is 0.226 e. The Labute approximate surface area is 237 Å². The van der Waals surface area contributed by atoms with Gasteiger partial charge < -0.3 is 20.1 Å². The van der Waals surface area contributed by atoms with E-state index >= 15 is 0 Å². The molecule has 0 aliphatic carbocycles. The topological polar surface area (TPSA) is 62.2 Å². The molecular formula is C30H29ClFN5OS. The zero-order valence-corrected chi connectivity index (χ0v) is 23.5. The molecule has 3 heterocycles. The van der Waals surface area contributed by atoms with Crippen molar-refractivity contribution in [1.82, 2.24) is 19.8 Å². The highest BCUT2D eigenvalue weighted by atomic mass is 35.5. The van der Waals surface area contributed by atoms with Gasteiger partial charge >= 0.3 is 0 Å². The normalized spacial score (nSPS) is 16.8. The first-order valence-electron chi connectivity index (χ1n) is 12.7. The van der Waals surface area contributed by atoms with Gasteiger partial charge in [-0.2, -0.15) is 0 Å². The molecule has 9 heteroatoms. The van der Waals surface area contributed by atoms with Crippen LogP contribution >= 0.6 is 23.8 Å². The minimum absolute atomic E-state index is 0.176. The Kier molecular flexibility index (Phi) is 7.68. The molecule has 1 aliphatic rings. The zero-order valence-electron chi connectivity index (χ0n) is 21.9. The molecule has 1 amide bonds. The summed E-state index contributed by atoms with van der Waals surface area (Å²) < 4.78 is 15.5. The Hall–Kier alpha value is -3.75. The number of carbonyl (C=O) groups is 1. The van der Waals surface area contributed by atoms with Gasteiger partial charge in [0, 0.05) is 46.9 Å². The van der Waals surface area contributed by atoms with Crippen LogP contribution in [0.25, 0.3) is 5.69 Å². The number of aryl methyl sites for hydroxylation is 2. The van der Waals surface area contributed by atoms with Crippen molar-refractivity contribution in [2.45, 2.75) is 39.3 Å². The molecule has 2 aromatic heterocycles. The minimum atomic E-state index is -0.351. The van der Waals surface area contributed by atoms with E-state index < -0.39 is 0 Å². The molecular weight excluding hydrogens is 533 g/mol. The number of aromatic nitrogens is 2. The standard InChI is InChI=1S/C30H29ClFN5OS/c1-18-7-8-21(31)17-26(18)37-19(2)16-24(20(37)3)29-28(25-6-4-5-14-33-25)35-30(39)36(29)15-13-27(38)34-23-11-9-22(32)10-12-23/h4-12,14,16-17,28-29H,13,15H2,1-3H3,(H,34,38)(H,35,39). The van der Waals surface area contributed by atoms with Crippen molar-refractivity contribution in [3.05, 3.63) is 112 Å². The number of thiocarbonyl (C=S) groups is 1. The molecule has 0 radical (unpaired) electrons. The summed E-state index contributed by atoms with van der Waals surface area (Å²) in [7, 11) is 0. The molecule has 2 atom stereocenters. The van der Waals surface area contributed by atoms with Gasteiger partial charge in [-0.1, -0.05) is 23.7 Å². The van der Waals surface area contributed by atoms with Crippen molar-refractivity contribution >= 4 is 40.5 Å². The number of anilines is 1. The lowest BCUT2D eigenvalue weighted by atomic mass is 9.96. The molecule has 1 fully saturated rings. The molecule has 0 bridgehead atoms. The fraction of sp³-hybridized carbons (Fsp3) is 0.233. The fourth-order valence-corrected chi connectivity index (χ4v) is 5.74. The number of nitrogens with one attached hydrogen (secondary N) is 2. The van der Waals surface area contributed by atoms with Gasteiger partial charge in [0.25, 0.3) is 0 Å². The number of carbonyl (C=O) groups excluding carboxylic acids is 1. The molecule has 2 unspecified atom stereocenters. The quantitative estimate of drug-likeness (QED) is 0.249. The average molecular weight is 562 g/mol. The second kappa shape index (κ2) is 11.2. The highest BCUT2D eigenvalue weighted by molar-refractivity contribution is 7.80. The average Bonchev–Trinajstić information content (AvgIpc) is 3.40. The minimum Gasteiger partial charge on any atom is -0.352 e. The number of amides is 1. The first-order chi connectivity index (χ1) is 18.7. The molecule has 0 saturated carbocycles. The lowest BCUT2D eigenvalue weighted by molar-refractivity contribution is -0.116. The van der Waals surface area contributed by atoms with E-state index in [1.807, 2.05) is 36.4 Å². The Morgan fingerprint density at radius 1 is 1.10 bits per heavy atom. The molecule has 200 valence electrons. The Morgan fingerprint density at radius 3 is 2.59 bits per heavy atom. The molecule has 4 aromatic rings. The van der Waals surface area contributed by atoms with Crippen LogP contribution in [0.4, 0.5) is 10.1 Å². The van der Waals surface area contributed by atoms with E-state index in [1.165, 1.54) is 12.1 Å². The lowest BCUT2D eigenvalue weighted by Gasteiger charge is -2.28. The first-order valence-corrected chi connectivity index (χ1v) is 13.5. The van der Waals surface area contributed by atoms with Crippen LogP contribution in [0, 0.1) is 26.6 Å². The zero-order chi connectivity index (χ0) is 27.7. The smallest absolute Gasteiger partial charge is 0.226 e. The van der Waals surface area contributed by atoms with Gasteiger partial charge in [0.2, 0.25) is 5.91 Å². The number of nitrogens with zero attached hydrogens (tertiary/aromatic N) is 3. The van der Waals surface area contributed by atoms with Crippen molar-refractivity contribution in [3.63, 3.8) is 0 Å². The van der Waals surface area contributed by atoms with Crippen LogP contribution in [0.5, 0.6) is 0 Å². The van der Waals surface area contributed by atoms with Crippen LogP contribution in [0.2, 0.25) is 5.02 Å². The van der Waals surface area contributed by atoms with E-state index in [9.17, 15) is 9.18 Å². The summed E-state index contributed by atoms with van der Waals surface area (Å²) >= 11 is 12.2. The summed E-state index contributed by atoms with van der Waals surface area (Å²) in [5.41, 5.74) is 6.78. The van der Waals surface area contributed by atoms with Crippen molar-refractivity contribution in [1.29, 1.82) is 0 Å². The van der Waals surface area contributed by atoms with Gasteiger partial charge in [-0.15, -0.1) is 0 Å². The monoisotopic (exact) mass is 561 g/mol. The van der Waals surface area contributed by atoms with Gasteiger partial charge in [0.05, 0.1) is 17.8 Å². The highest BCUT2D eigenvalue weighted by Gasteiger charge is 2.41. The van der Waals surface area contributed by atoms with E-state index in [2.05, 4.69) is 51.9 Å². The van der Waals surface area contributed by atoms with Gasteiger partial charge in [0.1, 0.15) is 5.82 Å². The number of hydrogen-bond donors (Lipinski definition) is 2.